The molecule has 0 amide bonds. The lowest BCUT2D eigenvalue weighted by Crippen LogP contribution is -2.20. The smallest absolute Gasteiger partial charge is 0.0668 e. The van der Waals surface area contributed by atoms with Gasteiger partial charge in [0, 0.05) is 53.2 Å². The second kappa shape index (κ2) is 9.07. The first-order valence-electron chi connectivity index (χ1n) is 10.7. The van der Waals surface area contributed by atoms with Crippen molar-refractivity contribution in [3.8, 4) is 0 Å². The van der Waals surface area contributed by atoms with Crippen LogP contribution < -0.4 is 5.73 Å². The molecule has 2 aromatic heterocycles. The van der Waals surface area contributed by atoms with Gasteiger partial charge in [-0.05, 0) is 60.9 Å². The second-order valence-corrected chi connectivity index (χ2v) is 8.48. The number of hydrogen-bond acceptors (Lipinski definition) is 3. The Morgan fingerprint density at radius 2 is 2.10 bits per heavy atom. The molecule has 30 heavy (non-hydrogen) atoms. The summed E-state index contributed by atoms with van der Waals surface area (Å²) in [7, 11) is 0. The van der Waals surface area contributed by atoms with E-state index in [1.54, 1.807) is 6.20 Å². The van der Waals surface area contributed by atoms with Gasteiger partial charge < -0.3 is 15.6 Å². The van der Waals surface area contributed by atoms with Crippen molar-refractivity contribution in [3.05, 3.63) is 76.8 Å². The van der Waals surface area contributed by atoms with Crippen LogP contribution in [0.25, 0.3) is 22.7 Å². The zero-order chi connectivity index (χ0) is 21.1. The van der Waals surface area contributed by atoms with Crippen LogP contribution in [-0.4, -0.2) is 21.4 Å². The van der Waals surface area contributed by atoms with Crippen molar-refractivity contribution in [3.63, 3.8) is 0 Å². The third-order valence-electron chi connectivity index (χ3n) is 6.05. The molecule has 1 fully saturated rings. The average Bonchev–Trinajstić information content (AvgIpc) is 3.13. The number of aromatic amines is 1. The van der Waals surface area contributed by atoms with E-state index >= 15 is 0 Å². The predicted octanol–water partition coefficient (Wildman–Crippen LogP) is 5.98. The Hall–Kier alpha value is -2.56. The highest BCUT2D eigenvalue weighted by Gasteiger charge is 2.18. The lowest BCUT2D eigenvalue weighted by Gasteiger charge is -2.28. The molecule has 1 aliphatic heterocycles. The number of aryl methyl sites for hydroxylation is 1. The van der Waals surface area contributed by atoms with Gasteiger partial charge in [-0.1, -0.05) is 43.7 Å². The third-order valence-corrected chi connectivity index (χ3v) is 6.35. The summed E-state index contributed by atoms with van der Waals surface area (Å²) in [6.45, 7) is 8.06. The minimum absolute atomic E-state index is 0.657. The Morgan fingerprint density at radius 1 is 1.27 bits per heavy atom. The number of fused-ring (bicyclic) bond motifs is 2. The summed E-state index contributed by atoms with van der Waals surface area (Å²) in [6.07, 6.45) is 12.7. The van der Waals surface area contributed by atoms with Crippen LogP contribution in [0.3, 0.4) is 0 Å². The minimum Gasteiger partial charge on any atom is -0.358 e. The zero-order valence-corrected chi connectivity index (χ0v) is 18.3. The lowest BCUT2D eigenvalue weighted by atomic mass is 9.86. The quantitative estimate of drug-likeness (QED) is 0.545. The van der Waals surface area contributed by atoms with Crippen molar-refractivity contribution in [2.45, 2.75) is 39.2 Å². The number of hydrogen-bond donors (Lipinski definition) is 2. The lowest BCUT2D eigenvalue weighted by molar-refractivity contribution is 0.325. The first-order chi connectivity index (χ1) is 14.6. The van der Waals surface area contributed by atoms with Crippen molar-refractivity contribution >= 4 is 34.3 Å². The molecule has 5 heteroatoms. The molecule has 4 nitrogen and oxygen atoms in total. The molecule has 0 saturated heterocycles. The van der Waals surface area contributed by atoms with Crippen LogP contribution >= 0.6 is 11.6 Å². The van der Waals surface area contributed by atoms with E-state index in [0.29, 0.717) is 5.02 Å². The first-order valence-corrected chi connectivity index (χ1v) is 11.0. The normalized spacial score (nSPS) is 15.6. The van der Waals surface area contributed by atoms with Crippen molar-refractivity contribution < 1.29 is 0 Å². The van der Waals surface area contributed by atoms with Gasteiger partial charge >= 0.3 is 0 Å². The van der Waals surface area contributed by atoms with Crippen LogP contribution in [0.5, 0.6) is 0 Å². The van der Waals surface area contributed by atoms with E-state index in [9.17, 15) is 0 Å². The summed E-state index contributed by atoms with van der Waals surface area (Å²) < 4.78 is 0. The molecule has 0 bridgehead atoms. The van der Waals surface area contributed by atoms with Gasteiger partial charge in [0.2, 0.25) is 0 Å². The predicted molar refractivity (Wildman–Crippen MR) is 127 cm³/mol. The van der Waals surface area contributed by atoms with Gasteiger partial charge in [-0.2, -0.15) is 0 Å². The summed E-state index contributed by atoms with van der Waals surface area (Å²) in [6, 6.07) is 8.76. The standard InChI is InChI=1S/C20H18ClN3.C5H11N/c1-3-16-9-15-5-4-14(8-20(15)23-16)12-24-7-6-17-18(13(24)2)10-22-11-19(17)21;6-4-5-2-1-3-5/h4-11,23H,2-3,12H2,1H3;5H,1-4,6H2. The SMILES string of the molecule is C=C1c2cncc(Cl)c2C=CN1Cc1ccc2cc(CC)[nH]c2c1.NCC1CCC1. The molecule has 0 radical (unpaired) electrons. The Bertz CT molecular complexity index is 1080. The van der Waals surface area contributed by atoms with Crippen molar-refractivity contribution in [1.82, 2.24) is 14.9 Å². The largest absolute Gasteiger partial charge is 0.358 e. The van der Waals surface area contributed by atoms with Gasteiger partial charge in [0.1, 0.15) is 0 Å². The maximum atomic E-state index is 6.22. The summed E-state index contributed by atoms with van der Waals surface area (Å²) in [5.41, 5.74) is 11.9. The molecule has 0 unspecified atom stereocenters. The molecule has 3 aromatic rings. The van der Waals surface area contributed by atoms with Gasteiger partial charge in [0.25, 0.3) is 0 Å². The molecule has 1 saturated carbocycles. The van der Waals surface area contributed by atoms with Gasteiger partial charge in [-0.15, -0.1) is 0 Å². The van der Waals surface area contributed by atoms with Crippen LogP contribution in [0, 0.1) is 5.92 Å². The fourth-order valence-electron chi connectivity index (χ4n) is 3.85. The number of aromatic nitrogens is 2. The molecule has 0 spiro atoms. The molecule has 3 N–H and O–H groups in total. The molecule has 156 valence electrons. The number of nitrogens with one attached hydrogen (secondary N) is 1. The summed E-state index contributed by atoms with van der Waals surface area (Å²) in [4.78, 5) is 9.79. The molecule has 5 rings (SSSR count). The van der Waals surface area contributed by atoms with E-state index in [4.69, 9.17) is 17.3 Å². The summed E-state index contributed by atoms with van der Waals surface area (Å²) in [5, 5.41) is 1.91. The zero-order valence-electron chi connectivity index (χ0n) is 17.5. The Balaban J connectivity index is 0.000000313. The van der Waals surface area contributed by atoms with Gasteiger partial charge in [0.05, 0.1) is 5.02 Å². The Morgan fingerprint density at radius 3 is 2.77 bits per heavy atom. The van der Waals surface area contributed by atoms with E-state index in [-0.39, 0.29) is 0 Å². The second-order valence-electron chi connectivity index (χ2n) is 8.08. The van der Waals surface area contributed by atoms with Crippen LogP contribution in [0.4, 0.5) is 0 Å². The summed E-state index contributed by atoms with van der Waals surface area (Å²) in [5.74, 6) is 0.894. The highest BCUT2D eigenvalue weighted by Crippen LogP contribution is 2.33. The number of rotatable bonds is 4. The number of H-pyrrole nitrogens is 1. The molecule has 1 aromatic carbocycles. The van der Waals surface area contributed by atoms with Crippen LogP contribution in [0.15, 0.2) is 49.4 Å². The van der Waals surface area contributed by atoms with Gasteiger partial charge in [0.15, 0.2) is 0 Å². The topological polar surface area (TPSA) is 57.9 Å². The highest BCUT2D eigenvalue weighted by atomic mass is 35.5. The third kappa shape index (κ3) is 4.30. The van der Waals surface area contributed by atoms with E-state index in [1.165, 1.54) is 41.4 Å². The molecule has 3 heterocycles. The summed E-state index contributed by atoms with van der Waals surface area (Å²) >= 11 is 6.22. The van der Waals surface area contributed by atoms with Crippen LogP contribution in [-0.2, 0) is 13.0 Å². The molecular formula is C25H29ClN4. The fourth-order valence-corrected chi connectivity index (χ4v) is 4.07. The number of pyridine rings is 1. The number of nitrogens with zero attached hydrogens (tertiary/aromatic N) is 2. The Labute approximate surface area is 183 Å². The van der Waals surface area contributed by atoms with Crippen molar-refractivity contribution in [1.29, 1.82) is 0 Å². The molecule has 0 atom stereocenters. The maximum absolute atomic E-state index is 6.22. The minimum atomic E-state index is 0.657. The van der Waals surface area contributed by atoms with Gasteiger partial charge in [-0.3, -0.25) is 4.98 Å². The van der Waals surface area contributed by atoms with Crippen LogP contribution in [0.1, 0.15) is 48.6 Å². The van der Waals surface area contributed by atoms with E-state index < -0.39 is 0 Å². The average molecular weight is 421 g/mol. The monoisotopic (exact) mass is 420 g/mol. The number of benzene rings is 1. The van der Waals surface area contributed by atoms with E-state index in [1.807, 2.05) is 18.5 Å². The molecule has 2 aliphatic rings. The van der Waals surface area contributed by atoms with Crippen molar-refractivity contribution in [2.75, 3.05) is 6.54 Å². The van der Waals surface area contributed by atoms with E-state index in [2.05, 4.69) is 52.6 Å². The Kier molecular flexibility index (Phi) is 6.26. The molecule has 1 aliphatic carbocycles. The van der Waals surface area contributed by atoms with Crippen molar-refractivity contribution in [2.24, 2.45) is 11.7 Å². The molecular weight excluding hydrogens is 392 g/mol. The van der Waals surface area contributed by atoms with E-state index in [0.717, 1.165) is 42.3 Å². The van der Waals surface area contributed by atoms with Crippen LogP contribution in [0.2, 0.25) is 5.02 Å². The number of nitrogens with two attached hydrogens (primary N) is 1. The number of halogens is 1. The highest BCUT2D eigenvalue weighted by molar-refractivity contribution is 6.32. The van der Waals surface area contributed by atoms with Gasteiger partial charge in [-0.25, -0.2) is 0 Å². The maximum Gasteiger partial charge on any atom is 0.0668 e. The first kappa shape index (κ1) is 20.7. The fraction of sp³-hybridized carbons (Fsp3) is 0.320.